The first-order chi connectivity index (χ1) is 10.4. The minimum absolute atomic E-state index is 0.0259. The predicted molar refractivity (Wildman–Crippen MR) is 88.5 cm³/mol. The minimum atomic E-state index is -0.438. The van der Waals surface area contributed by atoms with E-state index in [0.717, 1.165) is 18.4 Å². The third kappa shape index (κ3) is 4.69. The lowest BCUT2D eigenvalue weighted by Gasteiger charge is -2.33. The standard InChI is InChI=1S/C17H24N2O3/c1-5-13(3)18(14(4)6-2)17(20)12-9-15-7-10-16(11-8-15)19(21)22/h7-14H,5-6H2,1-4H3/b12-9+/t13-,14-/m1/s1. The Kier molecular flexibility index (Phi) is 6.76. The molecule has 0 saturated heterocycles. The fourth-order valence-corrected chi connectivity index (χ4v) is 2.22. The van der Waals surface area contributed by atoms with Gasteiger partial charge in [0.05, 0.1) is 4.92 Å². The van der Waals surface area contributed by atoms with E-state index in [2.05, 4.69) is 13.8 Å². The van der Waals surface area contributed by atoms with Gasteiger partial charge in [-0.25, -0.2) is 0 Å². The summed E-state index contributed by atoms with van der Waals surface area (Å²) in [6.07, 6.45) is 5.05. The molecule has 0 aromatic heterocycles. The van der Waals surface area contributed by atoms with Crippen molar-refractivity contribution in [3.05, 3.63) is 46.0 Å². The molecule has 0 saturated carbocycles. The number of hydrogen-bond donors (Lipinski definition) is 0. The molecule has 1 aromatic carbocycles. The smallest absolute Gasteiger partial charge is 0.269 e. The highest BCUT2D eigenvalue weighted by Gasteiger charge is 2.21. The number of rotatable bonds is 7. The van der Waals surface area contributed by atoms with E-state index in [1.165, 1.54) is 12.1 Å². The summed E-state index contributed by atoms with van der Waals surface area (Å²) >= 11 is 0. The molecule has 1 rings (SSSR count). The van der Waals surface area contributed by atoms with Gasteiger partial charge in [-0.05, 0) is 50.5 Å². The van der Waals surface area contributed by atoms with Crippen LogP contribution in [0.5, 0.6) is 0 Å². The molecule has 0 heterocycles. The lowest BCUT2D eigenvalue weighted by Crippen LogP contribution is -2.43. The third-order valence-electron chi connectivity index (χ3n) is 3.91. The van der Waals surface area contributed by atoms with E-state index in [1.54, 1.807) is 24.3 Å². The number of carbonyl (C=O) groups is 1. The monoisotopic (exact) mass is 304 g/mol. The zero-order chi connectivity index (χ0) is 16.7. The quantitative estimate of drug-likeness (QED) is 0.434. The molecule has 2 atom stereocenters. The fraction of sp³-hybridized carbons (Fsp3) is 0.471. The van der Waals surface area contributed by atoms with Crippen LogP contribution in [0.1, 0.15) is 46.1 Å². The van der Waals surface area contributed by atoms with Gasteiger partial charge in [0.25, 0.3) is 5.69 Å². The number of benzene rings is 1. The lowest BCUT2D eigenvalue weighted by molar-refractivity contribution is -0.384. The molecule has 120 valence electrons. The molecule has 0 aliphatic carbocycles. The first kappa shape index (κ1) is 17.9. The molecule has 5 nitrogen and oxygen atoms in total. The fourth-order valence-electron chi connectivity index (χ4n) is 2.22. The molecule has 0 fully saturated rings. The summed E-state index contributed by atoms with van der Waals surface area (Å²) in [4.78, 5) is 24.5. The Hall–Kier alpha value is -2.17. The molecule has 0 aliphatic heterocycles. The average Bonchev–Trinajstić information content (AvgIpc) is 2.52. The van der Waals surface area contributed by atoms with Crippen molar-refractivity contribution in [2.75, 3.05) is 0 Å². The summed E-state index contributed by atoms with van der Waals surface area (Å²) in [6, 6.07) is 6.52. The summed E-state index contributed by atoms with van der Waals surface area (Å²) in [5.41, 5.74) is 0.816. The Morgan fingerprint density at radius 1 is 1.18 bits per heavy atom. The molecule has 0 unspecified atom stereocenters. The summed E-state index contributed by atoms with van der Waals surface area (Å²) < 4.78 is 0. The van der Waals surface area contributed by atoms with Gasteiger partial charge in [-0.2, -0.15) is 0 Å². The van der Waals surface area contributed by atoms with Crippen LogP contribution in [-0.4, -0.2) is 27.8 Å². The SMILES string of the molecule is CC[C@@H](C)N(C(=O)/C=C/c1ccc([N+](=O)[O-])cc1)[C@H](C)CC. The van der Waals surface area contributed by atoms with Crippen molar-refractivity contribution in [3.63, 3.8) is 0 Å². The van der Waals surface area contributed by atoms with Gasteiger partial charge in [0.15, 0.2) is 0 Å². The number of carbonyl (C=O) groups excluding carboxylic acids is 1. The second-order valence-corrected chi connectivity index (χ2v) is 5.44. The number of non-ortho nitro benzene ring substituents is 1. The first-order valence-electron chi connectivity index (χ1n) is 7.65. The van der Waals surface area contributed by atoms with Crippen LogP contribution < -0.4 is 0 Å². The molecule has 0 N–H and O–H groups in total. The summed E-state index contributed by atoms with van der Waals surface area (Å²) in [6.45, 7) is 8.22. The van der Waals surface area contributed by atoms with Crippen LogP contribution in [-0.2, 0) is 4.79 Å². The second-order valence-electron chi connectivity index (χ2n) is 5.44. The number of nitro benzene ring substituents is 1. The number of hydrogen-bond acceptors (Lipinski definition) is 3. The number of nitro groups is 1. The van der Waals surface area contributed by atoms with Crippen molar-refractivity contribution < 1.29 is 9.72 Å². The van der Waals surface area contributed by atoms with Crippen molar-refractivity contribution in [1.82, 2.24) is 4.90 Å². The maximum Gasteiger partial charge on any atom is 0.269 e. The molecule has 1 aromatic rings. The number of nitrogens with zero attached hydrogens (tertiary/aromatic N) is 2. The number of amides is 1. The minimum Gasteiger partial charge on any atom is -0.334 e. The summed E-state index contributed by atoms with van der Waals surface area (Å²) in [7, 11) is 0. The predicted octanol–water partition coefficient (Wildman–Crippen LogP) is 4.03. The van der Waals surface area contributed by atoms with Gasteiger partial charge >= 0.3 is 0 Å². The zero-order valence-corrected chi connectivity index (χ0v) is 13.7. The van der Waals surface area contributed by atoms with Crippen molar-refractivity contribution >= 4 is 17.7 Å². The van der Waals surface area contributed by atoms with Gasteiger partial charge in [-0.15, -0.1) is 0 Å². The third-order valence-corrected chi connectivity index (χ3v) is 3.91. The van der Waals surface area contributed by atoms with Crippen LogP contribution in [0, 0.1) is 10.1 Å². The Morgan fingerprint density at radius 2 is 1.68 bits per heavy atom. The maximum absolute atomic E-state index is 12.4. The van der Waals surface area contributed by atoms with Gasteiger partial charge in [-0.1, -0.05) is 13.8 Å². The highest BCUT2D eigenvalue weighted by atomic mass is 16.6. The molecule has 0 bridgehead atoms. The highest BCUT2D eigenvalue weighted by Crippen LogP contribution is 2.15. The normalized spacial score (nSPS) is 13.8. The molecule has 0 radical (unpaired) electrons. The van der Waals surface area contributed by atoms with Gasteiger partial charge in [0.1, 0.15) is 0 Å². The largest absolute Gasteiger partial charge is 0.334 e. The molecular formula is C17H24N2O3. The molecular weight excluding hydrogens is 280 g/mol. The molecule has 22 heavy (non-hydrogen) atoms. The topological polar surface area (TPSA) is 63.5 Å². The summed E-state index contributed by atoms with van der Waals surface area (Å²) in [5.74, 6) is -0.0259. The molecule has 0 spiro atoms. The van der Waals surface area contributed by atoms with Gasteiger partial charge in [-0.3, -0.25) is 14.9 Å². The van der Waals surface area contributed by atoms with Crippen LogP contribution in [0.15, 0.2) is 30.3 Å². The van der Waals surface area contributed by atoms with Crippen LogP contribution in [0.25, 0.3) is 6.08 Å². The van der Waals surface area contributed by atoms with E-state index in [9.17, 15) is 14.9 Å². The van der Waals surface area contributed by atoms with Gasteiger partial charge in [0.2, 0.25) is 5.91 Å². The first-order valence-corrected chi connectivity index (χ1v) is 7.65. The van der Waals surface area contributed by atoms with Crippen molar-refractivity contribution in [1.29, 1.82) is 0 Å². The maximum atomic E-state index is 12.4. The van der Waals surface area contributed by atoms with E-state index in [-0.39, 0.29) is 23.7 Å². The Balaban J connectivity index is 2.85. The van der Waals surface area contributed by atoms with Crippen LogP contribution in [0.4, 0.5) is 5.69 Å². The van der Waals surface area contributed by atoms with Crippen molar-refractivity contribution in [2.45, 2.75) is 52.6 Å². The molecule has 5 heteroatoms. The van der Waals surface area contributed by atoms with E-state index in [4.69, 9.17) is 0 Å². The van der Waals surface area contributed by atoms with E-state index >= 15 is 0 Å². The van der Waals surface area contributed by atoms with E-state index in [0.29, 0.717) is 0 Å². The van der Waals surface area contributed by atoms with E-state index in [1.807, 2.05) is 18.7 Å². The van der Waals surface area contributed by atoms with Gasteiger partial charge in [0, 0.05) is 30.3 Å². The van der Waals surface area contributed by atoms with E-state index < -0.39 is 4.92 Å². The Bertz CT molecular complexity index is 527. The van der Waals surface area contributed by atoms with Crippen LogP contribution in [0.3, 0.4) is 0 Å². The Labute approximate surface area is 131 Å². The molecule has 0 aliphatic rings. The second kappa shape index (κ2) is 8.32. The summed E-state index contributed by atoms with van der Waals surface area (Å²) in [5, 5.41) is 10.6. The Morgan fingerprint density at radius 3 is 2.09 bits per heavy atom. The van der Waals surface area contributed by atoms with Gasteiger partial charge < -0.3 is 4.90 Å². The van der Waals surface area contributed by atoms with Crippen LogP contribution >= 0.6 is 0 Å². The highest BCUT2D eigenvalue weighted by molar-refractivity contribution is 5.92. The zero-order valence-electron chi connectivity index (χ0n) is 13.7. The average molecular weight is 304 g/mol. The van der Waals surface area contributed by atoms with Crippen LogP contribution in [0.2, 0.25) is 0 Å². The van der Waals surface area contributed by atoms with Crippen molar-refractivity contribution in [3.8, 4) is 0 Å². The van der Waals surface area contributed by atoms with Crippen molar-refractivity contribution in [2.24, 2.45) is 0 Å². The lowest BCUT2D eigenvalue weighted by atomic mass is 10.1. The molecule has 1 amide bonds.